The fourth-order valence-electron chi connectivity index (χ4n) is 0.201. The van der Waals surface area contributed by atoms with E-state index in [4.69, 9.17) is 0 Å². The van der Waals surface area contributed by atoms with Gasteiger partial charge in [0.05, 0.1) is 6.20 Å². The van der Waals surface area contributed by atoms with Crippen LogP contribution in [0, 0.1) is 4.91 Å². The molecule has 0 bridgehead atoms. The lowest BCUT2D eigenvalue weighted by atomic mass is 10.7. The van der Waals surface area contributed by atoms with Gasteiger partial charge in [0.1, 0.15) is 0 Å². The van der Waals surface area contributed by atoms with Crippen LogP contribution in [0.4, 0.5) is 0 Å². The average molecular weight is 100 g/mol. The van der Waals surface area contributed by atoms with Crippen molar-refractivity contribution in [2.45, 2.75) is 6.92 Å². The van der Waals surface area contributed by atoms with Gasteiger partial charge < -0.3 is 5.32 Å². The molecule has 0 rings (SSSR count). The molecule has 0 fully saturated rings. The molecule has 0 radical (unpaired) electrons. The van der Waals surface area contributed by atoms with Crippen molar-refractivity contribution in [1.82, 2.24) is 5.32 Å². The summed E-state index contributed by atoms with van der Waals surface area (Å²) in [7, 11) is 0. The standard InChI is InChI=1S/C4H8N2O/c1-2-5-3-4-6-7/h3-5H,2H2,1H3/b4-3-. The predicted octanol–water partition coefficient (Wildman–Crippen LogP) is 0.833. The number of nitrogens with zero attached hydrogens (tertiary/aromatic N) is 1. The summed E-state index contributed by atoms with van der Waals surface area (Å²) in [5.74, 6) is 0. The van der Waals surface area contributed by atoms with Gasteiger partial charge in [-0.1, -0.05) is 0 Å². The Labute approximate surface area is 42.4 Å². The maximum atomic E-state index is 9.30. The maximum Gasteiger partial charge on any atom is 0.0871 e. The van der Waals surface area contributed by atoms with Gasteiger partial charge in [-0.25, -0.2) is 0 Å². The average Bonchev–Trinajstić information content (AvgIpc) is 1.69. The highest BCUT2D eigenvalue weighted by molar-refractivity contribution is 4.74. The molecule has 0 amide bonds. The molecular formula is C4H8N2O. The van der Waals surface area contributed by atoms with E-state index in [-0.39, 0.29) is 0 Å². The third-order valence-electron chi connectivity index (χ3n) is 0.457. The molecule has 0 aliphatic heterocycles. The lowest BCUT2D eigenvalue weighted by molar-refractivity contribution is 0.916. The summed E-state index contributed by atoms with van der Waals surface area (Å²) in [4.78, 5) is 9.30. The Kier molecular flexibility index (Phi) is 4.51. The van der Waals surface area contributed by atoms with Crippen molar-refractivity contribution >= 4 is 0 Å². The van der Waals surface area contributed by atoms with Crippen LogP contribution in [-0.4, -0.2) is 6.54 Å². The maximum absolute atomic E-state index is 9.30. The minimum absolute atomic E-state index is 0.825. The normalized spacial score (nSPS) is 9.29. The fraction of sp³-hybridized carbons (Fsp3) is 0.500. The van der Waals surface area contributed by atoms with Crippen molar-refractivity contribution in [3.8, 4) is 0 Å². The van der Waals surface area contributed by atoms with Crippen LogP contribution in [0.3, 0.4) is 0 Å². The molecule has 3 nitrogen and oxygen atoms in total. The zero-order chi connectivity index (χ0) is 5.54. The molecule has 0 heterocycles. The molecule has 0 aliphatic rings. The second-order valence-corrected chi connectivity index (χ2v) is 0.979. The third kappa shape index (κ3) is 5.14. The summed E-state index contributed by atoms with van der Waals surface area (Å²) in [5.41, 5.74) is 0. The van der Waals surface area contributed by atoms with E-state index in [2.05, 4.69) is 10.5 Å². The third-order valence-corrected chi connectivity index (χ3v) is 0.457. The van der Waals surface area contributed by atoms with Gasteiger partial charge in [-0.05, 0) is 12.1 Å². The van der Waals surface area contributed by atoms with Crippen LogP contribution in [0.25, 0.3) is 0 Å². The van der Waals surface area contributed by atoms with Crippen molar-refractivity contribution in [2.24, 2.45) is 5.18 Å². The highest BCUT2D eigenvalue weighted by Crippen LogP contribution is 1.64. The Hall–Kier alpha value is -0.860. The van der Waals surface area contributed by atoms with Crippen LogP contribution < -0.4 is 5.32 Å². The van der Waals surface area contributed by atoms with Crippen LogP contribution in [0.5, 0.6) is 0 Å². The lowest BCUT2D eigenvalue weighted by Gasteiger charge is -1.84. The topological polar surface area (TPSA) is 41.5 Å². The van der Waals surface area contributed by atoms with Crippen LogP contribution in [-0.2, 0) is 0 Å². The molecule has 0 saturated carbocycles. The Bertz CT molecular complexity index is 70.1. The molecule has 0 atom stereocenters. The first kappa shape index (κ1) is 6.14. The Morgan fingerprint density at radius 2 is 2.57 bits per heavy atom. The second kappa shape index (κ2) is 5.14. The number of hydrogen-bond acceptors (Lipinski definition) is 3. The van der Waals surface area contributed by atoms with Gasteiger partial charge in [-0.3, -0.25) is 0 Å². The number of rotatable bonds is 3. The highest BCUT2D eigenvalue weighted by atomic mass is 16.2. The summed E-state index contributed by atoms with van der Waals surface area (Å²) in [6, 6.07) is 0. The Morgan fingerprint density at radius 3 is 3.00 bits per heavy atom. The zero-order valence-electron chi connectivity index (χ0n) is 4.22. The minimum Gasteiger partial charge on any atom is -0.390 e. The highest BCUT2D eigenvalue weighted by Gasteiger charge is 1.62. The van der Waals surface area contributed by atoms with E-state index in [1.807, 2.05) is 6.92 Å². The molecule has 0 aromatic heterocycles. The Morgan fingerprint density at radius 1 is 1.86 bits per heavy atom. The molecule has 0 aromatic rings. The van der Waals surface area contributed by atoms with Gasteiger partial charge in [0, 0.05) is 12.7 Å². The van der Waals surface area contributed by atoms with Crippen molar-refractivity contribution in [3.05, 3.63) is 17.3 Å². The van der Waals surface area contributed by atoms with Crippen LogP contribution in [0.1, 0.15) is 6.92 Å². The van der Waals surface area contributed by atoms with Crippen molar-refractivity contribution in [1.29, 1.82) is 0 Å². The molecule has 0 spiro atoms. The molecule has 1 N–H and O–H groups in total. The van der Waals surface area contributed by atoms with E-state index in [9.17, 15) is 4.91 Å². The molecule has 0 aromatic carbocycles. The van der Waals surface area contributed by atoms with E-state index >= 15 is 0 Å². The fourth-order valence-corrected chi connectivity index (χ4v) is 0.201. The summed E-state index contributed by atoms with van der Waals surface area (Å²) in [6.07, 6.45) is 2.68. The predicted molar refractivity (Wildman–Crippen MR) is 28.6 cm³/mol. The Balaban J connectivity index is 2.92. The quantitative estimate of drug-likeness (QED) is 0.534. The van der Waals surface area contributed by atoms with Crippen molar-refractivity contribution in [2.75, 3.05) is 6.54 Å². The largest absolute Gasteiger partial charge is 0.390 e. The lowest BCUT2D eigenvalue weighted by Crippen LogP contribution is -2.00. The first-order valence-electron chi connectivity index (χ1n) is 2.12. The van der Waals surface area contributed by atoms with Gasteiger partial charge in [-0.2, -0.15) is 0 Å². The van der Waals surface area contributed by atoms with Crippen molar-refractivity contribution < 1.29 is 0 Å². The first-order valence-corrected chi connectivity index (χ1v) is 2.12. The molecule has 40 valence electrons. The molecular weight excluding hydrogens is 92.1 g/mol. The van der Waals surface area contributed by atoms with Gasteiger partial charge in [0.15, 0.2) is 0 Å². The molecule has 0 unspecified atom stereocenters. The van der Waals surface area contributed by atoms with Crippen LogP contribution in [0.2, 0.25) is 0 Å². The summed E-state index contributed by atoms with van der Waals surface area (Å²) >= 11 is 0. The molecule has 7 heavy (non-hydrogen) atoms. The molecule has 0 aliphatic carbocycles. The van der Waals surface area contributed by atoms with Gasteiger partial charge in [0.25, 0.3) is 0 Å². The summed E-state index contributed by atoms with van der Waals surface area (Å²) in [5, 5.41) is 5.26. The first-order chi connectivity index (χ1) is 3.41. The summed E-state index contributed by atoms with van der Waals surface area (Å²) in [6.45, 7) is 2.77. The van der Waals surface area contributed by atoms with Gasteiger partial charge >= 0.3 is 0 Å². The smallest absolute Gasteiger partial charge is 0.0871 e. The van der Waals surface area contributed by atoms with E-state index in [1.54, 1.807) is 0 Å². The van der Waals surface area contributed by atoms with E-state index in [0.29, 0.717) is 0 Å². The van der Waals surface area contributed by atoms with Gasteiger partial charge in [0.2, 0.25) is 0 Å². The second-order valence-electron chi connectivity index (χ2n) is 0.979. The van der Waals surface area contributed by atoms with Crippen LogP contribution in [0.15, 0.2) is 17.6 Å². The molecule has 0 saturated heterocycles. The van der Waals surface area contributed by atoms with Crippen LogP contribution >= 0.6 is 0 Å². The van der Waals surface area contributed by atoms with Gasteiger partial charge in [-0.15, -0.1) is 4.91 Å². The van der Waals surface area contributed by atoms with Crippen molar-refractivity contribution in [3.63, 3.8) is 0 Å². The number of hydrogen-bond donors (Lipinski definition) is 1. The van der Waals surface area contributed by atoms with E-state index in [0.717, 1.165) is 6.54 Å². The SMILES string of the molecule is CCN/C=C\N=O. The van der Waals surface area contributed by atoms with E-state index in [1.165, 1.54) is 12.4 Å². The number of nitroso groups, excluding NO2 is 1. The zero-order valence-corrected chi connectivity index (χ0v) is 4.22. The monoisotopic (exact) mass is 100 g/mol. The molecule has 3 heteroatoms. The minimum atomic E-state index is 0.825. The van der Waals surface area contributed by atoms with E-state index < -0.39 is 0 Å². The summed E-state index contributed by atoms with van der Waals surface area (Å²) < 4.78 is 0. The number of nitrogens with one attached hydrogen (secondary N) is 1.